The molecule has 1 atom stereocenters. The van der Waals surface area contributed by atoms with Crippen molar-refractivity contribution in [3.63, 3.8) is 0 Å². The van der Waals surface area contributed by atoms with E-state index in [0.717, 1.165) is 11.1 Å². The number of hydrogen-bond donors (Lipinski definition) is 0. The zero-order valence-electron chi connectivity index (χ0n) is 21.8. The van der Waals surface area contributed by atoms with Crippen molar-refractivity contribution in [1.82, 2.24) is 15.0 Å². The first-order valence-corrected chi connectivity index (χ1v) is 12.1. The van der Waals surface area contributed by atoms with Crippen LogP contribution in [0, 0.1) is 5.82 Å². The van der Waals surface area contributed by atoms with Gasteiger partial charge in [-0.1, -0.05) is 47.6 Å². The molecule has 1 amide bonds. The molecule has 0 aliphatic heterocycles. The minimum absolute atomic E-state index is 0.0858. The molecule has 9 heteroatoms. The molecule has 0 N–H and O–H groups in total. The van der Waals surface area contributed by atoms with Crippen molar-refractivity contribution in [3.05, 3.63) is 89.6 Å². The second kappa shape index (κ2) is 12.2. The van der Waals surface area contributed by atoms with Crippen LogP contribution >= 0.6 is 0 Å². The molecule has 8 nitrogen and oxygen atoms in total. The van der Waals surface area contributed by atoms with Gasteiger partial charge < -0.3 is 23.6 Å². The summed E-state index contributed by atoms with van der Waals surface area (Å²) in [5, 5.41) is 4.12. The number of aromatic nitrogens is 2. The molecule has 0 aliphatic carbocycles. The molecule has 4 aromatic rings. The van der Waals surface area contributed by atoms with E-state index in [1.54, 1.807) is 29.2 Å². The van der Waals surface area contributed by atoms with Crippen LogP contribution in [0.25, 0.3) is 11.4 Å². The van der Waals surface area contributed by atoms with E-state index in [-0.39, 0.29) is 24.2 Å². The van der Waals surface area contributed by atoms with Crippen LogP contribution in [0.3, 0.4) is 0 Å². The Morgan fingerprint density at radius 1 is 0.974 bits per heavy atom. The number of ether oxygens (including phenoxy) is 3. The lowest BCUT2D eigenvalue weighted by Crippen LogP contribution is -2.36. The number of benzene rings is 3. The molecule has 0 radical (unpaired) electrons. The monoisotopic (exact) mass is 519 g/mol. The molecular weight excluding hydrogens is 489 g/mol. The predicted molar refractivity (Wildman–Crippen MR) is 140 cm³/mol. The largest absolute Gasteiger partial charge is 0.493 e. The standard InChI is InChI=1S/C29H30FN3O5/c1-19(21-8-6-5-7-9-21)33(27(34)16-20-10-12-23(30)13-11-20)15-14-26-31-29(32-38-26)22-17-24(35-2)28(37-4)25(18-22)36-3/h5-13,17-19H,14-16H2,1-4H3/t19-/m1/s1. The quantitative estimate of drug-likeness (QED) is 0.267. The highest BCUT2D eigenvalue weighted by Crippen LogP contribution is 2.40. The second-order valence-corrected chi connectivity index (χ2v) is 8.65. The van der Waals surface area contributed by atoms with E-state index >= 15 is 0 Å². The van der Waals surface area contributed by atoms with Gasteiger partial charge in [0.25, 0.3) is 0 Å². The maximum absolute atomic E-state index is 13.4. The van der Waals surface area contributed by atoms with E-state index in [2.05, 4.69) is 10.1 Å². The summed E-state index contributed by atoms with van der Waals surface area (Å²) in [7, 11) is 4.61. The number of hydrogen-bond acceptors (Lipinski definition) is 7. The van der Waals surface area contributed by atoms with E-state index in [1.165, 1.54) is 33.5 Å². The van der Waals surface area contributed by atoms with Crippen molar-refractivity contribution in [2.24, 2.45) is 0 Å². The lowest BCUT2D eigenvalue weighted by molar-refractivity contribution is -0.132. The number of amides is 1. The van der Waals surface area contributed by atoms with Gasteiger partial charge in [0.05, 0.1) is 33.8 Å². The van der Waals surface area contributed by atoms with Gasteiger partial charge in [-0.3, -0.25) is 4.79 Å². The summed E-state index contributed by atoms with van der Waals surface area (Å²) in [6.07, 6.45) is 0.502. The molecule has 0 saturated carbocycles. The third kappa shape index (κ3) is 6.11. The first-order chi connectivity index (χ1) is 18.4. The molecule has 0 spiro atoms. The predicted octanol–water partition coefficient (Wildman–Crippen LogP) is 5.28. The topological polar surface area (TPSA) is 86.9 Å². The van der Waals surface area contributed by atoms with Crippen LogP contribution in [0.4, 0.5) is 4.39 Å². The SMILES string of the molecule is COc1cc(-c2noc(CCN(C(=O)Cc3ccc(F)cc3)[C@H](C)c3ccccc3)n2)cc(OC)c1OC. The third-order valence-electron chi connectivity index (χ3n) is 6.30. The summed E-state index contributed by atoms with van der Waals surface area (Å²) in [5.41, 5.74) is 2.38. The Balaban J connectivity index is 1.54. The van der Waals surface area contributed by atoms with Crippen LogP contribution in [0.2, 0.25) is 0 Å². The fourth-order valence-corrected chi connectivity index (χ4v) is 4.22. The highest BCUT2D eigenvalue weighted by molar-refractivity contribution is 5.79. The van der Waals surface area contributed by atoms with Crippen molar-refractivity contribution in [2.75, 3.05) is 27.9 Å². The van der Waals surface area contributed by atoms with Crippen LogP contribution in [-0.4, -0.2) is 48.8 Å². The smallest absolute Gasteiger partial charge is 0.228 e. The molecule has 198 valence electrons. The molecule has 3 aromatic carbocycles. The number of halogens is 1. The van der Waals surface area contributed by atoms with Gasteiger partial charge in [0.15, 0.2) is 11.5 Å². The van der Waals surface area contributed by atoms with Crippen molar-refractivity contribution in [2.45, 2.75) is 25.8 Å². The normalized spacial score (nSPS) is 11.6. The minimum Gasteiger partial charge on any atom is -0.493 e. The van der Waals surface area contributed by atoms with Gasteiger partial charge in [0.1, 0.15) is 5.82 Å². The zero-order chi connectivity index (χ0) is 27.1. The molecule has 4 rings (SSSR count). The summed E-state index contributed by atoms with van der Waals surface area (Å²) in [4.78, 5) is 19.7. The molecule has 0 bridgehead atoms. The summed E-state index contributed by atoms with van der Waals surface area (Å²) >= 11 is 0. The molecule has 1 heterocycles. The average molecular weight is 520 g/mol. The third-order valence-corrected chi connectivity index (χ3v) is 6.30. The highest BCUT2D eigenvalue weighted by Gasteiger charge is 2.23. The van der Waals surface area contributed by atoms with E-state index in [0.29, 0.717) is 47.5 Å². The van der Waals surface area contributed by atoms with Crippen LogP contribution in [0.5, 0.6) is 17.2 Å². The Hall–Kier alpha value is -4.40. The van der Waals surface area contributed by atoms with E-state index < -0.39 is 0 Å². The fraction of sp³-hybridized carbons (Fsp3) is 0.276. The summed E-state index contributed by atoms with van der Waals surface area (Å²) in [6.45, 7) is 2.33. The molecule has 0 fully saturated rings. The lowest BCUT2D eigenvalue weighted by Gasteiger charge is -2.29. The molecule has 1 aromatic heterocycles. The van der Waals surface area contributed by atoms with E-state index in [4.69, 9.17) is 18.7 Å². The van der Waals surface area contributed by atoms with Gasteiger partial charge in [-0.05, 0) is 42.3 Å². The molecule has 0 saturated heterocycles. The van der Waals surface area contributed by atoms with Gasteiger partial charge in [0, 0.05) is 18.5 Å². The molecule has 0 unspecified atom stereocenters. The number of carbonyl (C=O) groups is 1. The Morgan fingerprint density at radius 3 is 2.24 bits per heavy atom. The Bertz CT molecular complexity index is 1330. The average Bonchev–Trinajstić information content (AvgIpc) is 3.43. The molecule has 38 heavy (non-hydrogen) atoms. The zero-order valence-corrected chi connectivity index (χ0v) is 21.8. The molecule has 0 aliphatic rings. The lowest BCUT2D eigenvalue weighted by atomic mass is 10.0. The summed E-state index contributed by atoms with van der Waals surface area (Å²) in [6, 6.07) is 19.0. The fourth-order valence-electron chi connectivity index (χ4n) is 4.22. The number of nitrogens with zero attached hydrogens (tertiary/aromatic N) is 3. The first kappa shape index (κ1) is 26.7. The van der Waals surface area contributed by atoms with Gasteiger partial charge in [-0.15, -0.1) is 0 Å². The summed E-state index contributed by atoms with van der Waals surface area (Å²) < 4.78 is 35.1. The number of methoxy groups -OCH3 is 3. The van der Waals surface area contributed by atoms with Gasteiger partial charge in [-0.2, -0.15) is 4.98 Å². The van der Waals surface area contributed by atoms with E-state index in [9.17, 15) is 9.18 Å². The van der Waals surface area contributed by atoms with Crippen LogP contribution in [-0.2, 0) is 17.6 Å². The highest BCUT2D eigenvalue weighted by atomic mass is 19.1. The van der Waals surface area contributed by atoms with Gasteiger partial charge in [0.2, 0.25) is 23.4 Å². The van der Waals surface area contributed by atoms with Gasteiger partial charge in [-0.25, -0.2) is 4.39 Å². The number of carbonyl (C=O) groups excluding carboxylic acids is 1. The minimum atomic E-state index is -0.338. The maximum atomic E-state index is 13.4. The summed E-state index contributed by atoms with van der Waals surface area (Å²) in [5.74, 6) is 1.73. The van der Waals surface area contributed by atoms with Crippen molar-refractivity contribution in [1.29, 1.82) is 0 Å². The molecular formula is C29H30FN3O5. The Labute approximate surface area is 220 Å². The van der Waals surface area contributed by atoms with Crippen LogP contribution < -0.4 is 14.2 Å². The van der Waals surface area contributed by atoms with Crippen LogP contribution in [0.1, 0.15) is 30.0 Å². The van der Waals surface area contributed by atoms with Crippen molar-refractivity contribution < 1.29 is 27.9 Å². The second-order valence-electron chi connectivity index (χ2n) is 8.65. The van der Waals surface area contributed by atoms with Gasteiger partial charge >= 0.3 is 0 Å². The van der Waals surface area contributed by atoms with Crippen LogP contribution in [0.15, 0.2) is 71.3 Å². The number of rotatable bonds is 11. The van der Waals surface area contributed by atoms with Crippen molar-refractivity contribution >= 4 is 5.91 Å². The van der Waals surface area contributed by atoms with Crippen molar-refractivity contribution in [3.8, 4) is 28.6 Å². The van der Waals surface area contributed by atoms with E-state index in [1.807, 2.05) is 37.3 Å². The Morgan fingerprint density at radius 2 is 1.63 bits per heavy atom. The first-order valence-electron chi connectivity index (χ1n) is 12.1. The maximum Gasteiger partial charge on any atom is 0.228 e. The Kier molecular flexibility index (Phi) is 8.58.